The molecular weight excluding hydrogens is 301 g/mol. The van der Waals surface area contributed by atoms with E-state index in [2.05, 4.69) is 4.72 Å². The van der Waals surface area contributed by atoms with Gasteiger partial charge in [0.05, 0.1) is 4.92 Å². The van der Waals surface area contributed by atoms with Crippen LogP contribution in [0.15, 0.2) is 23.1 Å². The predicted octanol–water partition coefficient (Wildman–Crippen LogP) is 1.28. The topological polar surface area (TPSA) is 115 Å². The van der Waals surface area contributed by atoms with Crippen LogP contribution >= 0.6 is 0 Å². The number of benzene rings is 1. The van der Waals surface area contributed by atoms with Crippen molar-refractivity contribution in [2.75, 3.05) is 0 Å². The molecule has 0 aliphatic heterocycles. The van der Waals surface area contributed by atoms with E-state index in [1.165, 1.54) is 0 Å². The molecule has 1 aliphatic rings. The summed E-state index contributed by atoms with van der Waals surface area (Å²) >= 11 is 0. The fraction of sp³-hybridized carbons (Fsp3) is 0.500. The Labute approximate surface area is 121 Å². The molecule has 0 amide bonds. The molecule has 0 spiro atoms. The van der Waals surface area contributed by atoms with Crippen LogP contribution < -0.4 is 10.5 Å². The first-order valence-electron chi connectivity index (χ1n) is 6.51. The summed E-state index contributed by atoms with van der Waals surface area (Å²) in [6.07, 6.45) is 2.50. The van der Waals surface area contributed by atoms with Crippen LogP contribution in [0.25, 0.3) is 0 Å². The molecule has 0 atom stereocenters. The Balaban J connectivity index is 2.23. The average Bonchev–Trinajstić information content (AvgIpc) is 2.41. The Morgan fingerprint density at radius 3 is 2.48 bits per heavy atom. The number of nitro benzene ring substituents is 1. The molecule has 0 aromatic heterocycles. The summed E-state index contributed by atoms with van der Waals surface area (Å²) in [5, 5.41) is 10.7. The number of non-ortho nitro benzene ring substituents is 1. The van der Waals surface area contributed by atoms with Gasteiger partial charge in [-0.05, 0) is 31.7 Å². The van der Waals surface area contributed by atoms with Gasteiger partial charge in [0.2, 0.25) is 10.0 Å². The fourth-order valence-electron chi connectivity index (χ4n) is 2.33. The second-order valence-electron chi connectivity index (χ2n) is 5.10. The summed E-state index contributed by atoms with van der Waals surface area (Å²) in [4.78, 5) is 9.20. The molecule has 116 valence electrons. The third-order valence-corrected chi connectivity index (χ3v) is 5.04. The van der Waals surface area contributed by atoms with E-state index in [4.69, 9.17) is 5.73 Å². The van der Waals surface area contributed by atoms with E-state index in [1.54, 1.807) is 0 Å². The summed E-state index contributed by atoms with van der Waals surface area (Å²) < 4.78 is 40.4. The molecule has 3 N–H and O–H groups in total. The first-order chi connectivity index (χ1) is 9.79. The van der Waals surface area contributed by atoms with E-state index in [0.29, 0.717) is 25.7 Å². The number of nitrogens with two attached hydrogens (primary N) is 1. The molecule has 0 radical (unpaired) electrons. The second-order valence-corrected chi connectivity index (χ2v) is 6.79. The van der Waals surface area contributed by atoms with Crippen LogP contribution in [0.1, 0.15) is 25.7 Å². The largest absolute Gasteiger partial charge is 0.328 e. The van der Waals surface area contributed by atoms with Crippen LogP contribution in [-0.2, 0) is 10.0 Å². The van der Waals surface area contributed by atoms with Crippen LogP contribution in [-0.4, -0.2) is 25.4 Å². The highest BCUT2D eigenvalue weighted by Gasteiger charge is 2.27. The van der Waals surface area contributed by atoms with Gasteiger partial charge in [0.25, 0.3) is 5.69 Å². The van der Waals surface area contributed by atoms with Gasteiger partial charge in [-0.15, -0.1) is 0 Å². The number of hydrogen-bond donors (Lipinski definition) is 2. The zero-order valence-corrected chi connectivity index (χ0v) is 12.0. The van der Waals surface area contributed by atoms with Gasteiger partial charge in [-0.2, -0.15) is 0 Å². The van der Waals surface area contributed by atoms with Crippen molar-refractivity contribution in [2.24, 2.45) is 5.73 Å². The van der Waals surface area contributed by atoms with E-state index in [0.717, 1.165) is 18.2 Å². The van der Waals surface area contributed by atoms with Crippen molar-refractivity contribution in [3.05, 3.63) is 34.1 Å². The maximum Gasteiger partial charge on any atom is 0.270 e. The Morgan fingerprint density at radius 1 is 1.29 bits per heavy atom. The normalized spacial score (nSPS) is 23.0. The van der Waals surface area contributed by atoms with Gasteiger partial charge in [0, 0.05) is 24.2 Å². The zero-order valence-electron chi connectivity index (χ0n) is 11.2. The summed E-state index contributed by atoms with van der Waals surface area (Å²) in [7, 11) is -4.13. The minimum absolute atomic E-state index is 0.0558. The first kappa shape index (κ1) is 15.8. The van der Waals surface area contributed by atoms with Gasteiger partial charge in [0.15, 0.2) is 0 Å². The van der Waals surface area contributed by atoms with Crippen molar-refractivity contribution < 1.29 is 17.7 Å². The van der Waals surface area contributed by atoms with Gasteiger partial charge in [-0.3, -0.25) is 10.1 Å². The molecule has 0 saturated heterocycles. The summed E-state index contributed by atoms with van der Waals surface area (Å²) in [5.41, 5.74) is 5.27. The van der Waals surface area contributed by atoms with Crippen molar-refractivity contribution in [3.8, 4) is 0 Å². The van der Waals surface area contributed by atoms with E-state index in [1.807, 2.05) is 0 Å². The Hall–Kier alpha value is -1.58. The van der Waals surface area contributed by atoms with Crippen LogP contribution in [0.5, 0.6) is 0 Å². The van der Waals surface area contributed by atoms with E-state index in [-0.39, 0.29) is 12.1 Å². The summed E-state index contributed by atoms with van der Waals surface area (Å²) in [5.74, 6) is -1.01. The Kier molecular flexibility index (Phi) is 4.55. The van der Waals surface area contributed by atoms with Gasteiger partial charge in [0.1, 0.15) is 10.7 Å². The summed E-state index contributed by atoms with van der Waals surface area (Å²) in [6.45, 7) is 0. The van der Waals surface area contributed by atoms with E-state index in [9.17, 15) is 22.9 Å². The quantitative estimate of drug-likeness (QED) is 0.641. The SMILES string of the molecule is NC1CCC(NS(=O)(=O)c2cc([N+](=O)[O-])ccc2F)CC1. The molecule has 0 unspecified atom stereocenters. The molecule has 1 aliphatic carbocycles. The van der Waals surface area contributed by atoms with E-state index < -0.39 is 31.3 Å². The van der Waals surface area contributed by atoms with Crippen molar-refractivity contribution in [3.63, 3.8) is 0 Å². The van der Waals surface area contributed by atoms with Crippen molar-refractivity contribution >= 4 is 15.7 Å². The third kappa shape index (κ3) is 3.74. The van der Waals surface area contributed by atoms with Crippen LogP contribution in [0.4, 0.5) is 10.1 Å². The van der Waals surface area contributed by atoms with Crippen LogP contribution in [0, 0.1) is 15.9 Å². The second kappa shape index (κ2) is 6.04. The molecule has 1 aromatic carbocycles. The summed E-state index contributed by atoms with van der Waals surface area (Å²) in [6, 6.07) is 2.16. The molecule has 0 heterocycles. The molecule has 0 bridgehead atoms. The number of rotatable bonds is 4. The maximum atomic E-state index is 13.7. The highest BCUT2D eigenvalue weighted by Crippen LogP contribution is 2.23. The first-order valence-corrected chi connectivity index (χ1v) is 8.00. The molecular formula is C12H16FN3O4S. The lowest BCUT2D eigenvalue weighted by Gasteiger charge is -2.26. The average molecular weight is 317 g/mol. The van der Waals surface area contributed by atoms with Gasteiger partial charge in [-0.25, -0.2) is 17.5 Å². The molecule has 2 rings (SSSR count). The zero-order chi connectivity index (χ0) is 15.6. The molecule has 7 nitrogen and oxygen atoms in total. The number of sulfonamides is 1. The lowest BCUT2D eigenvalue weighted by Crippen LogP contribution is -2.40. The van der Waals surface area contributed by atoms with E-state index >= 15 is 0 Å². The van der Waals surface area contributed by atoms with Crippen molar-refractivity contribution in [1.82, 2.24) is 4.72 Å². The number of halogens is 1. The third-order valence-electron chi connectivity index (χ3n) is 3.51. The molecule has 9 heteroatoms. The maximum absolute atomic E-state index is 13.7. The van der Waals surface area contributed by atoms with Gasteiger partial charge < -0.3 is 5.73 Å². The minimum atomic E-state index is -4.13. The lowest BCUT2D eigenvalue weighted by atomic mass is 9.93. The Morgan fingerprint density at radius 2 is 1.90 bits per heavy atom. The van der Waals surface area contributed by atoms with Gasteiger partial charge >= 0.3 is 0 Å². The molecule has 1 aromatic rings. The number of nitrogens with zero attached hydrogens (tertiary/aromatic N) is 1. The van der Waals surface area contributed by atoms with Gasteiger partial charge in [-0.1, -0.05) is 0 Å². The standard InChI is InChI=1S/C12H16FN3O4S/c13-11-6-5-10(16(17)18)7-12(11)21(19,20)15-9-3-1-8(14)2-4-9/h5-9,15H,1-4,14H2. The fourth-order valence-corrected chi connectivity index (χ4v) is 3.73. The number of nitrogens with one attached hydrogen (secondary N) is 1. The van der Waals surface area contributed by atoms with Crippen molar-refractivity contribution in [1.29, 1.82) is 0 Å². The highest BCUT2D eigenvalue weighted by molar-refractivity contribution is 7.89. The molecule has 1 saturated carbocycles. The minimum Gasteiger partial charge on any atom is -0.328 e. The smallest absolute Gasteiger partial charge is 0.270 e. The van der Waals surface area contributed by atoms with Crippen molar-refractivity contribution in [2.45, 2.75) is 42.7 Å². The highest BCUT2D eigenvalue weighted by atomic mass is 32.2. The molecule has 21 heavy (non-hydrogen) atoms. The predicted molar refractivity (Wildman–Crippen MR) is 73.6 cm³/mol. The van der Waals surface area contributed by atoms with Crippen LogP contribution in [0.2, 0.25) is 0 Å². The monoisotopic (exact) mass is 317 g/mol. The number of nitro groups is 1. The number of hydrogen-bond acceptors (Lipinski definition) is 5. The van der Waals surface area contributed by atoms with Crippen LogP contribution in [0.3, 0.4) is 0 Å². The lowest BCUT2D eigenvalue weighted by molar-refractivity contribution is -0.385. The Bertz CT molecular complexity index is 642. The molecule has 1 fully saturated rings.